The molecule has 1 aromatic carbocycles. The number of aliphatic hydroxyl groups excluding tert-OH is 1. The Balaban J connectivity index is 2.13. The first kappa shape index (κ1) is 11.4. The number of hydrogen-bond donors (Lipinski definition) is 2. The van der Waals surface area contributed by atoms with Gasteiger partial charge in [-0.2, -0.15) is 5.26 Å². The van der Waals surface area contributed by atoms with Crippen molar-refractivity contribution in [1.82, 2.24) is 0 Å². The Morgan fingerprint density at radius 2 is 2.25 bits per heavy atom. The molecule has 0 amide bonds. The minimum Gasteiger partial charge on any atom is -0.391 e. The minimum atomic E-state index is -0.262. The molecule has 0 unspecified atom stereocenters. The number of halogens is 1. The molecule has 16 heavy (non-hydrogen) atoms. The van der Waals surface area contributed by atoms with Gasteiger partial charge in [0.1, 0.15) is 0 Å². The van der Waals surface area contributed by atoms with E-state index in [2.05, 4.69) is 27.3 Å². The second kappa shape index (κ2) is 4.86. The van der Waals surface area contributed by atoms with Crippen molar-refractivity contribution < 1.29 is 5.11 Å². The predicted molar refractivity (Wildman–Crippen MR) is 66.1 cm³/mol. The standard InChI is InChI=1S/C12H13BrN2O/c13-9-6-8(7-14)4-5-10(9)15-11-2-1-3-12(11)16/h4-6,11-12,15-16H,1-3H2/t11-,12-/m1/s1. The lowest BCUT2D eigenvalue weighted by Crippen LogP contribution is -2.28. The van der Waals surface area contributed by atoms with Crippen molar-refractivity contribution in [3.8, 4) is 6.07 Å². The van der Waals surface area contributed by atoms with E-state index in [1.807, 2.05) is 6.07 Å². The molecule has 0 aromatic heterocycles. The lowest BCUT2D eigenvalue weighted by molar-refractivity contribution is 0.172. The van der Waals surface area contributed by atoms with Crippen LogP contribution in [0.1, 0.15) is 24.8 Å². The minimum absolute atomic E-state index is 0.129. The molecule has 0 aliphatic heterocycles. The molecule has 0 heterocycles. The normalized spacial score (nSPS) is 24.1. The van der Waals surface area contributed by atoms with Crippen LogP contribution in [0.4, 0.5) is 5.69 Å². The van der Waals surface area contributed by atoms with Crippen molar-refractivity contribution in [3.05, 3.63) is 28.2 Å². The molecule has 1 fully saturated rings. The van der Waals surface area contributed by atoms with Crippen LogP contribution in [-0.2, 0) is 0 Å². The van der Waals surface area contributed by atoms with Gasteiger partial charge >= 0.3 is 0 Å². The first-order valence-corrected chi connectivity index (χ1v) is 6.14. The van der Waals surface area contributed by atoms with Gasteiger partial charge in [-0.05, 0) is 53.4 Å². The third kappa shape index (κ3) is 2.37. The smallest absolute Gasteiger partial charge is 0.0992 e. The number of aliphatic hydroxyl groups is 1. The topological polar surface area (TPSA) is 56.0 Å². The molecule has 3 nitrogen and oxygen atoms in total. The van der Waals surface area contributed by atoms with E-state index in [1.54, 1.807) is 12.1 Å². The Kier molecular flexibility index (Phi) is 3.47. The molecule has 1 aliphatic rings. The Bertz CT molecular complexity index is 428. The molecular formula is C12H13BrN2O. The highest BCUT2D eigenvalue weighted by molar-refractivity contribution is 9.10. The summed E-state index contributed by atoms with van der Waals surface area (Å²) in [6.07, 6.45) is 2.66. The van der Waals surface area contributed by atoms with Crippen molar-refractivity contribution in [2.45, 2.75) is 31.4 Å². The van der Waals surface area contributed by atoms with Gasteiger partial charge in [-0.3, -0.25) is 0 Å². The zero-order chi connectivity index (χ0) is 11.5. The second-order valence-corrected chi connectivity index (χ2v) is 4.91. The third-order valence-corrected chi connectivity index (χ3v) is 3.57. The Morgan fingerprint density at radius 1 is 1.44 bits per heavy atom. The highest BCUT2D eigenvalue weighted by atomic mass is 79.9. The van der Waals surface area contributed by atoms with Crippen LogP contribution in [0, 0.1) is 11.3 Å². The first-order valence-electron chi connectivity index (χ1n) is 5.35. The van der Waals surface area contributed by atoms with E-state index in [4.69, 9.17) is 5.26 Å². The zero-order valence-electron chi connectivity index (χ0n) is 8.78. The van der Waals surface area contributed by atoms with Crippen LogP contribution in [0.25, 0.3) is 0 Å². The summed E-state index contributed by atoms with van der Waals surface area (Å²) < 4.78 is 0.866. The van der Waals surface area contributed by atoms with E-state index < -0.39 is 0 Å². The van der Waals surface area contributed by atoms with E-state index in [9.17, 15) is 5.11 Å². The molecule has 1 aliphatic carbocycles. The Labute approximate surface area is 103 Å². The fraction of sp³-hybridized carbons (Fsp3) is 0.417. The van der Waals surface area contributed by atoms with Crippen molar-refractivity contribution in [1.29, 1.82) is 5.26 Å². The highest BCUT2D eigenvalue weighted by Gasteiger charge is 2.25. The van der Waals surface area contributed by atoms with Crippen LogP contribution >= 0.6 is 15.9 Å². The summed E-state index contributed by atoms with van der Waals surface area (Å²) in [4.78, 5) is 0. The van der Waals surface area contributed by atoms with Gasteiger partial charge in [0.25, 0.3) is 0 Å². The Morgan fingerprint density at radius 3 is 2.81 bits per heavy atom. The van der Waals surface area contributed by atoms with Gasteiger partial charge in [0, 0.05) is 10.2 Å². The molecule has 2 N–H and O–H groups in total. The van der Waals surface area contributed by atoms with Gasteiger partial charge in [-0.25, -0.2) is 0 Å². The van der Waals surface area contributed by atoms with E-state index in [1.165, 1.54) is 0 Å². The van der Waals surface area contributed by atoms with E-state index in [0.29, 0.717) is 5.56 Å². The van der Waals surface area contributed by atoms with Crippen LogP contribution in [-0.4, -0.2) is 17.3 Å². The van der Waals surface area contributed by atoms with Crippen LogP contribution < -0.4 is 5.32 Å². The summed E-state index contributed by atoms with van der Waals surface area (Å²) in [5.74, 6) is 0. The van der Waals surface area contributed by atoms with Crippen LogP contribution in [0.2, 0.25) is 0 Å². The number of nitrogens with zero attached hydrogens (tertiary/aromatic N) is 1. The first-order chi connectivity index (χ1) is 7.70. The van der Waals surface area contributed by atoms with Crippen molar-refractivity contribution in [3.63, 3.8) is 0 Å². The van der Waals surface area contributed by atoms with Crippen LogP contribution in [0.5, 0.6) is 0 Å². The number of nitriles is 1. The van der Waals surface area contributed by atoms with Gasteiger partial charge in [-0.1, -0.05) is 0 Å². The molecule has 84 valence electrons. The highest BCUT2D eigenvalue weighted by Crippen LogP contribution is 2.28. The molecule has 0 bridgehead atoms. The second-order valence-electron chi connectivity index (χ2n) is 4.06. The predicted octanol–water partition coefficient (Wildman–Crippen LogP) is 2.65. The number of benzene rings is 1. The molecule has 4 heteroatoms. The van der Waals surface area contributed by atoms with Crippen molar-refractivity contribution >= 4 is 21.6 Å². The van der Waals surface area contributed by atoms with Crippen LogP contribution in [0.3, 0.4) is 0 Å². The fourth-order valence-corrected chi connectivity index (χ4v) is 2.50. The maximum absolute atomic E-state index is 9.71. The largest absolute Gasteiger partial charge is 0.391 e. The SMILES string of the molecule is N#Cc1ccc(N[C@@H]2CCC[C@H]2O)c(Br)c1. The van der Waals surface area contributed by atoms with Gasteiger partial charge in [0.15, 0.2) is 0 Å². The summed E-state index contributed by atoms with van der Waals surface area (Å²) >= 11 is 3.42. The number of hydrogen-bond acceptors (Lipinski definition) is 3. The average molecular weight is 281 g/mol. The molecule has 1 saturated carbocycles. The van der Waals surface area contributed by atoms with E-state index >= 15 is 0 Å². The molecule has 1 aromatic rings. The third-order valence-electron chi connectivity index (χ3n) is 2.92. The van der Waals surface area contributed by atoms with Crippen molar-refractivity contribution in [2.24, 2.45) is 0 Å². The van der Waals surface area contributed by atoms with Gasteiger partial charge in [0.2, 0.25) is 0 Å². The molecular weight excluding hydrogens is 268 g/mol. The van der Waals surface area contributed by atoms with E-state index in [0.717, 1.165) is 29.4 Å². The Hall–Kier alpha value is -1.05. The monoisotopic (exact) mass is 280 g/mol. The lowest BCUT2D eigenvalue weighted by atomic mass is 10.1. The number of nitrogens with one attached hydrogen (secondary N) is 1. The lowest BCUT2D eigenvalue weighted by Gasteiger charge is -2.18. The summed E-state index contributed by atoms with van der Waals surface area (Å²) in [5, 5.41) is 21.8. The van der Waals surface area contributed by atoms with Crippen LogP contribution in [0.15, 0.2) is 22.7 Å². The van der Waals surface area contributed by atoms with Gasteiger partial charge in [-0.15, -0.1) is 0 Å². The van der Waals surface area contributed by atoms with Crippen molar-refractivity contribution in [2.75, 3.05) is 5.32 Å². The van der Waals surface area contributed by atoms with E-state index in [-0.39, 0.29) is 12.1 Å². The number of anilines is 1. The summed E-state index contributed by atoms with van der Waals surface area (Å²) in [5.41, 5.74) is 1.56. The summed E-state index contributed by atoms with van der Waals surface area (Å²) in [6, 6.07) is 7.64. The molecule has 2 atom stereocenters. The summed E-state index contributed by atoms with van der Waals surface area (Å²) in [6.45, 7) is 0. The molecule has 0 spiro atoms. The fourth-order valence-electron chi connectivity index (χ4n) is 2.01. The maximum Gasteiger partial charge on any atom is 0.0992 e. The molecule has 2 rings (SSSR count). The number of rotatable bonds is 2. The zero-order valence-corrected chi connectivity index (χ0v) is 10.4. The molecule has 0 saturated heterocycles. The maximum atomic E-state index is 9.71. The molecule has 0 radical (unpaired) electrons. The summed E-state index contributed by atoms with van der Waals surface area (Å²) in [7, 11) is 0. The van der Waals surface area contributed by atoms with Gasteiger partial charge < -0.3 is 10.4 Å². The quantitative estimate of drug-likeness (QED) is 0.876. The average Bonchev–Trinajstić information content (AvgIpc) is 2.67. The van der Waals surface area contributed by atoms with Gasteiger partial charge in [0.05, 0.1) is 23.8 Å².